The van der Waals surface area contributed by atoms with E-state index in [2.05, 4.69) is 4.72 Å². The number of sulfonamides is 1. The van der Waals surface area contributed by atoms with Crippen molar-refractivity contribution in [3.63, 3.8) is 0 Å². The summed E-state index contributed by atoms with van der Waals surface area (Å²) in [5.41, 5.74) is 5.76. The summed E-state index contributed by atoms with van der Waals surface area (Å²) in [5.74, 6) is -0.931. The molecule has 0 spiro atoms. The van der Waals surface area contributed by atoms with Gasteiger partial charge in [-0.05, 0) is 36.7 Å². The molecule has 0 radical (unpaired) electrons. The van der Waals surface area contributed by atoms with E-state index in [1.54, 1.807) is 6.07 Å². The van der Waals surface area contributed by atoms with Crippen LogP contribution in [0.1, 0.15) is 12.0 Å². The minimum Gasteiger partial charge on any atom is -0.495 e. The average molecular weight is 314 g/mol. The molecule has 0 aromatic heterocycles. The van der Waals surface area contributed by atoms with Gasteiger partial charge >= 0.3 is 5.97 Å². The van der Waals surface area contributed by atoms with E-state index in [4.69, 9.17) is 15.6 Å². The molecule has 0 atom stereocenters. The Kier molecular flexibility index (Phi) is 6.35. The van der Waals surface area contributed by atoms with Crippen LogP contribution in [0.4, 0.5) is 0 Å². The van der Waals surface area contributed by atoms with Crippen molar-refractivity contribution in [1.29, 1.82) is 0 Å². The SMILES string of the molecule is COc1ccc(C=CC(=O)O)cc1S(=O)(=O)NCCCN. The highest BCUT2D eigenvalue weighted by molar-refractivity contribution is 7.89. The zero-order chi connectivity index (χ0) is 15.9. The molecule has 0 saturated heterocycles. The molecule has 1 aromatic rings. The van der Waals surface area contributed by atoms with Gasteiger partial charge in [0, 0.05) is 12.6 Å². The monoisotopic (exact) mass is 314 g/mol. The standard InChI is InChI=1S/C13H18N2O5S/c1-20-11-5-3-10(4-6-13(16)17)9-12(11)21(18,19)15-8-2-7-14/h3-6,9,15H,2,7-8,14H2,1H3,(H,16,17). The van der Waals surface area contributed by atoms with Gasteiger partial charge < -0.3 is 15.6 Å². The smallest absolute Gasteiger partial charge is 0.328 e. The summed E-state index contributed by atoms with van der Waals surface area (Å²) in [6.45, 7) is 0.595. The van der Waals surface area contributed by atoms with Gasteiger partial charge in [-0.2, -0.15) is 0 Å². The van der Waals surface area contributed by atoms with Crippen LogP contribution in [0, 0.1) is 0 Å². The molecule has 0 saturated carbocycles. The number of nitrogens with one attached hydrogen (secondary N) is 1. The molecule has 1 aromatic carbocycles. The van der Waals surface area contributed by atoms with Gasteiger partial charge in [-0.1, -0.05) is 6.07 Å². The van der Waals surface area contributed by atoms with Crippen LogP contribution in [-0.4, -0.2) is 39.7 Å². The van der Waals surface area contributed by atoms with Crippen molar-refractivity contribution < 1.29 is 23.1 Å². The van der Waals surface area contributed by atoms with E-state index in [0.717, 1.165) is 6.08 Å². The first-order valence-corrected chi connectivity index (χ1v) is 7.68. The van der Waals surface area contributed by atoms with Gasteiger partial charge in [0.1, 0.15) is 10.6 Å². The normalized spacial score (nSPS) is 11.7. The van der Waals surface area contributed by atoms with E-state index in [9.17, 15) is 13.2 Å². The zero-order valence-corrected chi connectivity index (χ0v) is 12.4. The molecule has 0 unspecified atom stereocenters. The van der Waals surface area contributed by atoms with Gasteiger partial charge in [0.15, 0.2) is 0 Å². The molecule has 1 rings (SSSR count). The number of carboxylic acids is 1. The van der Waals surface area contributed by atoms with Crippen LogP contribution >= 0.6 is 0 Å². The van der Waals surface area contributed by atoms with E-state index >= 15 is 0 Å². The van der Waals surface area contributed by atoms with Crippen molar-refractivity contribution in [3.8, 4) is 5.75 Å². The highest BCUT2D eigenvalue weighted by Gasteiger charge is 2.19. The van der Waals surface area contributed by atoms with Crippen molar-refractivity contribution in [2.45, 2.75) is 11.3 Å². The fraction of sp³-hybridized carbons (Fsp3) is 0.308. The van der Waals surface area contributed by atoms with Crippen LogP contribution in [0.3, 0.4) is 0 Å². The number of benzene rings is 1. The zero-order valence-electron chi connectivity index (χ0n) is 11.6. The number of aliphatic carboxylic acids is 1. The summed E-state index contributed by atoms with van der Waals surface area (Å²) < 4.78 is 31.9. The van der Waals surface area contributed by atoms with Crippen LogP contribution in [0.2, 0.25) is 0 Å². The van der Waals surface area contributed by atoms with Crippen LogP contribution in [0.25, 0.3) is 6.08 Å². The second-order valence-corrected chi connectivity index (χ2v) is 5.86. The summed E-state index contributed by atoms with van der Waals surface area (Å²) in [6, 6.07) is 4.39. The van der Waals surface area contributed by atoms with Crippen LogP contribution in [-0.2, 0) is 14.8 Å². The van der Waals surface area contributed by atoms with E-state index in [1.807, 2.05) is 0 Å². The summed E-state index contributed by atoms with van der Waals surface area (Å²) in [7, 11) is -2.39. The summed E-state index contributed by atoms with van der Waals surface area (Å²) >= 11 is 0. The Morgan fingerprint density at radius 3 is 2.76 bits per heavy atom. The Hall–Kier alpha value is -1.90. The minimum atomic E-state index is -3.75. The number of carbonyl (C=O) groups is 1. The fourth-order valence-corrected chi connectivity index (χ4v) is 2.84. The maximum Gasteiger partial charge on any atom is 0.328 e. The Morgan fingerprint density at radius 2 is 2.19 bits per heavy atom. The molecule has 7 nitrogen and oxygen atoms in total. The van der Waals surface area contributed by atoms with Crippen molar-refractivity contribution in [3.05, 3.63) is 29.8 Å². The molecule has 0 aliphatic rings. The lowest BCUT2D eigenvalue weighted by Crippen LogP contribution is -2.26. The van der Waals surface area contributed by atoms with E-state index in [1.165, 1.54) is 25.3 Å². The molecule has 0 fully saturated rings. The molecule has 0 heterocycles. The highest BCUT2D eigenvalue weighted by atomic mass is 32.2. The van der Waals surface area contributed by atoms with Gasteiger partial charge in [-0.3, -0.25) is 0 Å². The summed E-state index contributed by atoms with van der Waals surface area (Å²) in [6.07, 6.45) is 2.75. The Balaban J connectivity index is 3.13. The van der Waals surface area contributed by atoms with Gasteiger partial charge in [-0.25, -0.2) is 17.9 Å². The number of hydrogen-bond donors (Lipinski definition) is 3. The van der Waals surface area contributed by atoms with E-state index < -0.39 is 16.0 Å². The maximum absolute atomic E-state index is 12.2. The van der Waals surface area contributed by atoms with E-state index in [-0.39, 0.29) is 17.2 Å². The van der Waals surface area contributed by atoms with Crippen molar-refractivity contribution >= 4 is 22.1 Å². The van der Waals surface area contributed by atoms with Crippen LogP contribution in [0.5, 0.6) is 5.75 Å². The Bertz CT molecular complexity index is 625. The number of carboxylic acid groups (broad SMARTS) is 1. The Labute approximate surface area is 123 Å². The van der Waals surface area contributed by atoms with Gasteiger partial charge in [-0.15, -0.1) is 0 Å². The number of methoxy groups -OCH3 is 1. The molecule has 0 bridgehead atoms. The number of hydrogen-bond acceptors (Lipinski definition) is 5. The van der Waals surface area contributed by atoms with Gasteiger partial charge in [0.05, 0.1) is 7.11 Å². The number of rotatable bonds is 8. The predicted octanol–water partition coefficient (Wildman–Crippen LogP) is 0.420. The summed E-state index contributed by atoms with van der Waals surface area (Å²) in [4.78, 5) is 10.5. The molecular formula is C13H18N2O5S. The molecule has 21 heavy (non-hydrogen) atoms. The third kappa shape index (κ3) is 5.18. The van der Waals surface area contributed by atoms with Gasteiger partial charge in [0.25, 0.3) is 0 Å². The lowest BCUT2D eigenvalue weighted by atomic mass is 10.2. The lowest BCUT2D eigenvalue weighted by molar-refractivity contribution is -0.131. The predicted molar refractivity (Wildman–Crippen MR) is 78.5 cm³/mol. The molecule has 116 valence electrons. The average Bonchev–Trinajstić information content (AvgIpc) is 2.45. The quantitative estimate of drug-likeness (QED) is 0.472. The van der Waals surface area contributed by atoms with Gasteiger partial charge in [0.2, 0.25) is 10.0 Å². The topological polar surface area (TPSA) is 119 Å². The fourth-order valence-electron chi connectivity index (χ4n) is 1.56. The molecule has 0 aliphatic carbocycles. The second-order valence-electron chi connectivity index (χ2n) is 4.12. The third-order valence-corrected chi connectivity index (χ3v) is 4.05. The largest absolute Gasteiger partial charge is 0.495 e. The van der Waals surface area contributed by atoms with Crippen molar-refractivity contribution in [1.82, 2.24) is 4.72 Å². The molecule has 8 heteroatoms. The first-order valence-electron chi connectivity index (χ1n) is 6.19. The second kappa shape index (κ2) is 7.77. The van der Waals surface area contributed by atoms with Crippen LogP contribution < -0.4 is 15.2 Å². The van der Waals surface area contributed by atoms with Crippen molar-refractivity contribution in [2.24, 2.45) is 5.73 Å². The highest BCUT2D eigenvalue weighted by Crippen LogP contribution is 2.25. The van der Waals surface area contributed by atoms with Crippen LogP contribution in [0.15, 0.2) is 29.2 Å². The molecule has 0 aliphatic heterocycles. The Morgan fingerprint density at radius 1 is 1.48 bits per heavy atom. The molecular weight excluding hydrogens is 296 g/mol. The lowest BCUT2D eigenvalue weighted by Gasteiger charge is -2.11. The maximum atomic E-state index is 12.2. The van der Waals surface area contributed by atoms with E-state index in [0.29, 0.717) is 18.5 Å². The molecule has 0 amide bonds. The van der Waals surface area contributed by atoms with Crippen molar-refractivity contribution in [2.75, 3.05) is 20.2 Å². The third-order valence-electron chi connectivity index (χ3n) is 2.57. The first kappa shape index (κ1) is 17.2. The number of ether oxygens (including phenoxy) is 1. The molecule has 4 N–H and O–H groups in total. The first-order chi connectivity index (χ1) is 9.90. The summed E-state index contributed by atoms with van der Waals surface area (Å²) in [5, 5.41) is 8.59. The number of nitrogens with two attached hydrogens (primary N) is 1. The minimum absolute atomic E-state index is 0.0467.